The van der Waals surface area contributed by atoms with Gasteiger partial charge < -0.3 is 15.2 Å². The predicted molar refractivity (Wildman–Crippen MR) is 114 cm³/mol. The van der Waals surface area contributed by atoms with Gasteiger partial charge in [0.05, 0.1) is 22.5 Å². The van der Waals surface area contributed by atoms with E-state index in [1.807, 2.05) is 31.2 Å². The molecule has 0 spiro atoms. The number of nitrogens with one attached hydrogen (secondary N) is 2. The first-order valence-corrected chi connectivity index (χ1v) is 10.5. The van der Waals surface area contributed by atoms with E-state index in [2.05, 4.69) is 20.2 Å². The minimum absolute atomic E-state index is 0.100. The summed E-state index contributed by atoms with van der Waals surface area (Å²) in [6, 6.07) is 13.5. The maximum atomic E-state index is 12.8. The number of halogens is 1. The monoisotopic (exact) mass is 414 g/mol. The minimum Gasteiger partial charge on any atom is -0.355 e. The first-order valence-electron chi connectivity index (χ1n) is 9.34. The Labute approximate surface area is 172 Å². The highest BCUT2D eigenvalue weighted by atomic mass is 32.2. The summed E-state index contributed by atoms with van der Waals surface area (Å²) in [5.41, 5.74) is 2.60. The van der Waals surface area contributed by atoms with Crippen LogP contribution in [0.5, 0.6) is 0 Å². The molecule has 1 aromatic heterocycles. The molecule has 0 unspecified atom stereocenters. The van der Waals surface area contributed by atoms with Crippen molar-refractivity contribution >= 4 is 40.3 Å². The van der Waals surface area contributed by atoms with Crippen LogP contribution in [0.1, 0.15) is 12.2 Å². The molecule has 0 fully saturated rings. The molecular formula is C21H23FN4O2S. The number of benzene rings is 2. The van der Waals surface area contributed by atoms with Crippen molar-refractivity contribution in [2.24, 2.45) is 0 Å². The molecule has 2 amide bonds. The molecule has 8 heteroatoms. The normalized spacial score (nSPS) is 10.8. The lowest BCUT2D eigenvalue weighted by Crippen LogP contribution is -2.27. The van der Waals surface area contributed by atoms with Gasteiger partial charge in [-0.25, -0.2) is 9.37 Å². The predicted octanol–water partition coefficient (Wildman–Crippen LogP) is 3.36. The lowest BCUT2D eigenvalue weighted by atomic mass is 10.3. The average molecular weight is 415 g/mol. The van der Waals surface area contributed by atoms with Crippen LogP contribution in [0.15, 0.2) is 48.5 Å². The number of fused-ring (bicyclic) bond motifs is 1. The smallest absolute Gasteiger partial charge is 0.234 e. The Balaban J connectivity index is 1.32. The van der Waals surface area contributed by atoms with Gasteiger partial charge in [0, 0.05) is 18.8 Å². The highest BCUT2D eigenvalue weighted by Gasteiger charge is 2.08. The summed E-state index contributed by atoms with van der Waals surface area (Å²) in [5.74, 6) is 0.647. The van der Waals surface area contributed by atoms with Crippen molar-refractivity contribution < 1.29 is 14.0 Å². The van der Waals surface area contributed by atoms with E-state index in [9.17, 15) is 14.0 Å². The van der Waals surface area contributed by atoms with Crippen molar-refractivity contribution in [3.8, 4) is 0 Å². The zero-order valence-electron chi connectivity index (χ0n) is 16.2. The summed E-state index contributed by atoms with van der Waals surface area (Å²) in [6.07, 6.45) is 0.794. The molecule has 3 rings (SSSR count). The number of anilines is 1. The van der Waals surface area contributed by atoms with Gasteiger partial charge in [-0.15, -0.1) is 11.8 Å². The second kappa shape index (κ2) is 10.1. The third-order valence-corrected chi connectivity index (χ3v) is 5.25. The summed E-state index contributed by atoms with van der Waals surface area (Å²) in [4.78, 5) is 28.3. The maximum absolute atomic E-state index is 12.8. The van der Waals surface area contributed by atoms with E-state index < -0.39 is 0 Å². The molecule has 6 nitrogen and oxygen atoms in total. The van der Waals surface area contributed by atoms with Gasteiger partial charge in [-0.05, 0) is 49.7 Å². The Morgan fingerprint density at radius 3 is 2.59 bits per heavy atom. The minimum atomic E-state index is -0.356. The fourth-order valence-electron chi connectivity index (χ4n) is 2.96. The summed E-state index contributed by atoms with van der Waals surface area (Å²) in [7, 11) is 0. The molecule has 0 saturated carbocycles. The molecule has 152 valence electrons. The van der Waals surface area contributed by atoms with Crippen molar-refractivity contribution in [1.29, 1.82) is 0 Å². The van der Waals surface area contributed by atoms with Gasteiger partial charge in [0.2, 0.25) is 11.8 Å². The molecule has 2 aromatic carbocycles. The van der Waals surface area contributed by atoms with Crippen molar-refractivity contribution in [2.45, 2.75) is 19.9 Å². The Bertz CT molecular complexity index is 988. The van der Waals surface area contributed by atoms with Crippen molar-refractivity contribution in [3.05, 3.63) is 60.2 Å². The molecule has 0 aliphatic heterocycles. The molecule has 1 heterocycles. The standard InChI is InChI=1S/C21H23FN4O2S/c1-15-24-18-5-2-3-6-19(18)26(15)12-4-11-23-20(27)13-29-14-21(28)25-17-9-7-16(22)8-10-17/h2-3,5-10H,4,11-14H2,1H3,(H,23,27)(H,25,28). The van der Waals surface area contributed by atoms with E-state index in [1.54, 1.807) is 0 Å². The maximum Gasteiger partial charge on any atom is 0.234 e. The van der Waals surface area contributed by atoms with Crippen LogP contribution in [0.3, 0.4) is 0 Å². The molecule has 3 aromatic rings. The van der Waals surface area contributed by atoms with Crippen molar-refractivity contribution in [1.82, 2.24) is 14.9 Å². The van der Waals surface area contributed by atoms with Crippen LogP contribution in [-0.4, -0.2) is 39.4 Å². The molecule has 0 saturated heterocycles. The van der Waals surface area contributed by atoms with Crippen LogP contribution in [0, 0.1) is 12.7 Å². The molecular weight excluding hydrogens is 391 g/mol. The number of aromatic nitrogens is 2. The third kappa shape index (κ3) is 6.05. The number of thioether (sulfide) groups is 1. The lowest BCUT2D eigenvalue weighted by Gasteiger charge is -2.08. The van der Waals surface area contributed by atoms with Gasteiger partial charge >= 0.3 is 0 Å². The zero-order valence-corrected chi connectivity index (χ0v) is 17.0. The van der Waals surface area contributed by atoms with E-state index in [0.717, 1.165) is 29.8 Å². The number of para-hydroxylation sites is 2. The number of hydrogen-bond acceptors (Lipinski definition) is 4. The van der Waals surface area contributed by atoms with Crippen LogP contribution in [0.4, 0.5) is 10.1 Å². The SMILES string of the molecule is Cc1nc2ccccc2n1CCCNC(=O)CSCC(=O)Nc1ccc(F)cc1. The second-order valence-corrected chi connectivity index (χ2v) is 7.54. The van der Waals surface area contributed by atoms with Crippen LogP contribution in [-0.2, 0) is 16.1 Å². The fraction of sp³-hybridized carbons (Fsp3) is 0.286. The van der Waals surface area contributed by atoms with Gasteiger partial charge in [-0.2, -0.15) is 0 Å². The molecule has 0 bridgehead atoms. The lowest BCUT2D eigenvalue weighted by molar-refractivity contribution is -0.118. The summed E-state index contributed by atoms with van der Waals surface area (Å²) < 4.78 is 15.0. The third-order valence-electron chi connectivity index (χ3n) is 4.32. The van der Waals surface area contributed by atoms with Gasteiger partial charge in [0.1, 0.15) is 11.6 Å². The Kier molecular flexibility index (Phi) is 7.24. The fourth-order valence-corrected chi connectivity index (χ4v) is 3.61. The first kappa shape index (κ1) is 20.9. The van der Waals surface area contributed by atoms with E-state index in [4.69, 9.17) is 0 Å². The van der Waals surface area contributed by atoms with E-state index in [0.29, 0.717) is 12.2 Å². The van der Waals surface area contributed by atoms with Gasteiger partial charge in [-0.3, -0.25) is 9.59 Å². The summed E-state index contributed by atoms with van der Waals surface area (Å²) in [5, 5.41) is 5.54. The quantitative estimate of drug-likeness (QED) is 0.527. The molecule has 0 aliphatic carbocycles. The Hall–Kier alpha value is -2.87. The topological polar surface area (TPSA) is 76.0 Å². The van der Waals surface area contributed by atoms with Crippen LogP contribution >= 0.6 is 11.8 Å². The largest absolute Gasteiger partial charge is 0.355 e. The number of nitrogens with zero attached hydrogens (tertiary/aromatic N) is 2. The number of imidazole rings is 1. The molecule has 29 heavy (non-hydrogen) atoms. The van der Waals surface area contributed by atoms with E-state index in [1.165, 1.54) is 36.0 Å². The van der Waals surface area contributed by atoms with Gasteiger partial charge in [0.15, 0.2) is 0 Å². The second-order valence-electron chi connectivity index (χ2n) is 6.55. The van der Waals surface area contributed by atoms with Crippen LogP contribution in [0.25, 0.3) is 11.0 Å². The number of carbonyl (C=O) groups excluding carboxylic acids is 2. The van der Waals surface area contributed by atoms with E-state index in [-0.39, 0.29) is 29.1 Å². The molecule has 2 N–H and O–H groups in total. The average Bonchev–Trinajstić information content (AvgIpc) is 3.02. The van der Waals surface area contributed by atoms with Gasteiger partial charge in [0.25, 0.3) is 0 Å². The molecule has 0 radical (unpaired) electrons. The zero-order chi connectivity index (χ0) is 20.6. The first-order chi connectivity index (χ1) is 14.0. The Morgan fingerprint density at radius 1 is 1.07 bits per heavy atom. The number of carbonyl (C=O) groups is 2. The highest BCUT2D eigenvalue weighted by Crippen LogP contribution is 2.15. The van der Waals surface area contributed by atoms with Crippen molar-refractivity contribution in [2.75, 3.05) is 23.4 Å². The number of hydrogen-bond donors (Lipinski definition) is 2. The molecule has 0 aliphatic rings. The number of amides is 2. The number of aryl methyl sites for hydroxylation is 2. The van der Waals surface area contributed by atoms with Crippen LogP contribution < -0.4 is 10.6 Å². The van der Waals surface area contributed by atoms with Crippen molar-refractivity contribution in [3.63, 3.8) is 0 Å². The summed E-state index contributed by atoms with van der Waals surface area (Å²) in [6.45, 7) is 3.32. The highest BCUT2D eigenvalue weighted by molar-refractivity contribution is 8.00. The Morgan fingerprint density at radius 2 is 1.79 bits per heavy atom. The van der Waals surface area contributed by atoms with Gasteiger partial charge in [-0.1, -0.05) is 12.1 Å². The van der Waals surface area contributed by atoms with Crippen LogP contribution in [0.2, 0.25) is 0 Å². The number of rotatable bonds is 9. The van der Waals surface area contributed by atoms with E-state index >= 15 is 0 Å². The summed E-state index contributed by atoms with van der Waals surface area (Å²) >= 11 is 1.24. The molecule has 0 atom stereocenters.